The van der Waals surface area contributed by atoms with Gasteiger partial charge in [-0.15, -0.1) is 0 Å². The summed E-state index contributed by atoms with van der Waals surface area (Å²) >= 11 is 0. The molecule has 0 spiro atoms. The lowest BCUT2D eigenvalue weighted by Gasteiger charge is -2.16. The third-order valence-corrected chi connectivity index (χ3v) is 4.94. The zero-order valence-corrected chi connectivity index (χ0v) is 12.5. The lowest BCUT2D eigenvalue weighted by Crippen LogP contribution is -2.39. The molecule has 0 radical (unpaired) electrons. The molecule has 1 aromatic carbocycles. The predicted molar refractivity (Wildman–Crippen MR) is 76.8 cm³/mol. The summed E-state index contributed by atoms with van der Waals surface area (Å²) in [6.07, 6.45) is 0.284. The lowest BCUT2D eigenvalue weighted by molar-refractivity contribution is -0.387. The Balaban J connectivity index is 2.40. The fraction of sp³-hybridized carbons (Fsp3) is 0.500. The van der Waals surface area contributed by atoms with Gasteiger partial charge in [0.05, 0.1) is 17.1 Å². The van der Waals surface area contributed by atoms with Crippen LogP contribution in [-0.2, 0) is 14.8 Å². The number of nitro benzene ring substituents is 1. The number of ether oxygens (including phenoxy) is 1. The van der Waals surface area contributed by atoms with Crippen molar-refractivity contribution >= 4 is 21.4 Å². The summed E-state index contributed by atoms with van der Waals surface area (Å²) in [5.41, 5.74) is 0.0322. The average molecular weight is 315 g/mol. The Morgan fingerprint density at radius 1 is 1.43 bits per heavy atom. The van der Waals surface area contributed by atoms with E-state index >= 15 is 0 Å². The molecule has 2 unspecified atom stereocenters. The molecular formula is C12H17N3O5S. The highest BCUT2D eigenvalue weighted by molar-refractivity contribution is 7.89. The SMILES string of the molecule is CNc1ccc([N+](=O)[O-])c(S(=O)(=O)NC2CCOC2C)c1. The van der Waals surface area contributed by atoms with E-state index < -0.39 is 20.6 Å². The number of hydrogen-bond acceptors (Lipinski definition) is 6. The molecule has 0 saturated carbocycles. The molecule has 1 fully saturated rings. The van der Waals surface area contributed by atoms with Gasteiger partial charge in [-0.05, 0) is 25.5 Å². The molecule has 21 heavy (non-hydrogen) atoms. The van der Waals surface area contributed by atoms with E-state index in [1.165, 1.54) is 18.2 Å². The molecule has 2 N–H and O–H groups in total. The van der Waals surface area contributed by atoms with E-state index in [-0.39, 0.29) is 17.0 Å². The van der Waals surface area contributed by atoms with Crippen molar-refractivity contribution in [2.45, 2.75) is 30.4 Å². The van der Waals surface area contributed by atoms with Crippen molar-refractivity contribution in [3.8, 4) is 0 Å². The van der Waals surface area contributed by atoms with E-state index in [1.54, 1.807) is 14.0 Å². The van der Waals surface area contributed by atoms with Crippen LogP contribution in [0.3, 0.4) is 0 Å². The van der Waals surface area contributed by atoms with Crippen LogP contribution >= 0.6 is 0 Å². The number of nitrogens with zero attached hydrogens (tertiary/aromatic N) is 1. The molecule has 9 heteroatoms. The molecule has 2 atom stereocenters. The summed E-state index contributed by atoms with van der Waals surface area (Å²) in [5.74, 6) is 0. The number of nitrogens with one attached hydrogen (secondary N) is 2. The first-order chi connectivity index (χ1) is 9.85. The first-order valence-corrected chi connectivity index (χ1v) is 7.93. The molecule has 1 aromatic rings. The first kappa shape index (κ1) is 15.7. The third-order valence-electron chi connectivity index (χ3n) is 3.42. The molecule has 0 aliphatic carbocycles. The van der Waals surface area contributed by atoms with Crippen LogP contribution in [0.4, 0.5) is 11.4 Å². The van der Waals surface area contributed by atoms with Crippen LogP contribution in [0.2, 0.25) is 0 Å². The van der Waals surface area contributed by atoms with Crippen LogP contribution in [0.5, 0.6) is 0 Å². The Hall–Kier alpha value is -1.71. The molecule has 8 nitrogen and oxygen atoms in total. The maximum absolute atomic E-state index is 12.4. The molecule has 1 aliphatic heterocycles. The summed E-state index contributed by atoms with van der Waals surface area (Å²) < 4.78 is 32.6. The van der Waals surface area contributed by atoms with Gasteiger partial charge in [0, 0.05) is 25.4 Å². The maximum atomic E-state index is 12.4. The predicted octanol–water partition coefficient (Wildman–Crippen LogP) is 1.09. The van der Waals surface area contributed by atoms with Crippen LogP contribution in [0, 0.1) is 10.1 Å². The number of anilines is 1. The van der Waals surface area contributed by atoms with Crippen LogP contribution in [0.15, 0.2) is 23.1 Å². The summed E-state index contributed by atoms with van der Waals surface area (Å²) in [5, 5.41) is 13.8. The molecule has 116 valence electrons. The van der Waals surface area contributed by atoms with E-state index in [1.807, 2.05) is 0 Å². The van der Waals surface area contributed by atoms with Crippen molar-refractivity contribution in [1.29, 1.82) is 0 Å². The normalized spacial score (nSPS) is 22.2. The van der Waals surface area contributed by atoms with Crippen LogP contribution in [-0.4, -0.2) is 39.1 Å². The Morgan fingerprint density at radius 3 is 2.67 bits per heavy atom. The van der Waals surface area contributed by atoms with E-state index in [0.717, 1.165) is 0 Å². The highest BCUT2D eigenvalue weighted by Gasteiger charge is 2.33. The Morgan fingerprint density at radius 2 is 2.14 bits per heavy atom. The number of nitro groups is 1. The summed E-state index contributed by atoms with van der Waals surface area (Å²) in [7, 11) is -2.39. The van der Waals surface area contributed by atoms with Crippen molar-refractivity contribution < 1.29 is 18.1 Å². The smallest absolute Gasteiger partial charge is 0.289 e. The zero-order valence-electron chi connectivity index (χ0n) is 11.7. The number of sulfonamides is 1. The van der Waals surface area contributed by atoms with E-state index in [0.29, 0.717) is 18.7 Å². The molecule has 0 aromatic heterocycles. The first-order valence-electron chi connectivity index (χ1n) is 6.45. The average Bonchev–Trinajstić information content (AvgIpc) is 2.82. The lowest BCUT2D eigenvalue weighted by atomic mass is 10.2. The minimum absolute atomic E-state index is 0.258. The molecule has 0 bridgehead atoms. The van der Waals surface area contributed by atoms with Gasteiger partial charge in [-0.25, -0.2) is 13.1 Å². The van der Waals surface area contributed by atoms with Crippen molar-refractivity contribution in [2.24, 2.45) is 0 Å². The highest BCUT2D eigenvalue weighted by Crippen LogP contribution is 2.28. The Kier molecular flexibility index (Phi) is 4.45. The molecule has 2 rings (SSSR count). The largest absolute Gasteiger partial charge is 0.388 e. The fourth-order valence-electron chi connectivity index (χ4n) is 2.18. The number of rotatable bonds is 5. The van der Waals surface area contributed by atoms with E-state index in [4.69, 9.17) is 4.74 Å². The van der Waals surface area contributed by atoms with Gasteiger partial charge in [0.15, 0.2) is 4.90 Å². The second kappa shape index (κ2) is 5.96. The fourth-order valence-corrected chi connectivity index (χ4v) is 3.72. The van der Waals surface area contributed by atoms with Crippen molar-refractivity contribution in [3.05, 3.63) is 28.3 Å². The van der Waals surface area contributed by atoms with Crippen molar-refractivity contribution in [3.63, 3.8) is 0 Å². The topological polar surface area (TPSA) is 111 Å². The molecule has 0 amide bonds. The number of benzene rings is 1. The zero-order chi connectivity index (χ0) is 15.6. The van der Waals surface area contributed by atoms with Gasteiger partial charge in [-0.2, -0.15) is 0 Å². The van der Waals surface area contributed by atoms with Gasteiger partial charge in [-0.1, -0.05) is 0 Å². The summed E-state index contributed by atoms with van der Waals surface area (Å²) in [4.78, 5) is 9.98. The minimum atomic E-state index is -4.00. The second-order valence-corrected chi connectivity index (χ2v) is 6.46. The monoisotopic (exact) mass is 315 g/mol. The summed E-state index contributed by atoms with van der Waals surface area (Å²) in [6, 6.07) is 3.50. The van der Waals surface area contributed by atoms with Gasteiger partial charge in [0.1, 0.15) is 0 Å². The molecular weight excluding hydrogens is 298 g/mol. The molecule has 1 aliphatic rings. The van der Waals surface area contributed by atoms with Gasteiger partial charge < -0.3 is 10.1 Å². The molecule has 1 heterocycles. The van der Waals surface area contributed by atoms with Gasteiger partial charge in [-0.3, -0.25) is 10.1 Å². The second-order valence-electron chi connectivity index (χ2n) is 4.78. The quantitative estimate of drug-likeness (QED) is 0.621. The van der Waals surface area contributed by atoms with Crippen molar-refractivity contribution in [2.75, 3.05) is 19.0 Å². The van der Waals surface area contributed by atoms with Crippen LogP contribution < -0.4 is 10.0 Å². The number of hydrogen-bond donors (Lipinski definition) is 2. The Labute approximate surface area is 122 Å². The van der Waals surface area contributed by atoms with E-state index in [9.17, 15) is 18.5 Å². The summed E-state index contributed by atoms with van der Waals surface area (Å²) in [6.45, 7) is 2.23. The minimum Gasteiger partial charge on any atom is -0.388 e. The van der Waals surface area contributed by atoms with Crippen molar-refractivity contribution in [1.82, 2.24) is 4.72 Å². The van der Waals surface area contributed by atoms with Crippen LogP contribution in [0.1, 0.15) is 13.3 Å². The maximum Gasteiger partial charge on any atom is 0.289 e. The third kappa shape index (κ3) is 3.31. The van der Waals surface area contributed by atoms with Gasteiger partial charge in [0.2, 0.25) is 10.0 Å². The van der Waals surface area contributed by atoms with Crippen LogP contribution in [0.25, 0.3) is 0 Å². The highest BCUT2D eigenvalue weighted by atomic mass is 32.2. The van der Waals surface area contributed by atoms with E-state index in [2.05, 4.69) is 10.0 Å². The Bertz CT molecular complexity index is 646. The molecule has 1 saturated heterocycles. The van der Waals surface area contributed by atoms with Gasteiger partial charge in [0.25, 0.3) is 5.69 Å². The standard InChI is InChI=1S/C12H17N3O5S/c1-8-10(5-6-20-8)14-21(18,19)12-7-9(13-2)3-4-11(12)15(16)17/h3-4,7-8,10,13-14H,5-6H2,1-2H3. The van der Waals surface area contributed by atoms with Gasteiger partial charge >= 0.3 is 0 Å².